The van der Waals surface area contributed by atoms with Crippen LogP contribution >= 0.6 is 0 Å². The lowest BCUT2D eigenvalue weighted by Crippen LogP contribution is -2.48. The van der Waals surface area contributed by atoms with Crippen molar-refractivity contribution in [3.8, 4) is 0 Å². The van der Waals surface area contributed by atoms with Crippen LogP contribution in [0.2, 0.25) is 0 Å². The Hall–Kier alpha value is -0.160. The van der Waals surface area contributed by atoms with Crippen LogP contribution in [0, 0.1) is 5.41 Å². The first-order valence-corrected chi connectivity index (χ1v) is 5.15. The summed E-state index contributed by atoms with van der Waals surface area (Å²) >= 11 is 0. The lowest BCUT2D eigenvalue weighted by atomic mass is 9.92. The third-order valence-electron chi connectivity index (χ3n) is 2.69. The van der Waals surface area contributed by atoms with E-state index < -0.39 is 5.41 Å². The number of aliphatic hydroxyl groups excluding tert-OH is 2. The summed E-state index contributed by atoms with van der Waals surface area (Å²) in [4.78, 5) is 2.24. The van der Waals surface area contributed by atoms with Crippen molar-refractivity contribution >= 4 is 0 Å². The van der Waals surface area contributed by atoms with Gasteiger partial charge < -0.3 is 14.9 Å². The van der Waals surface area contributed by atoms with Crippen molar-refractivity contribution < 1.29 is 14.9 Å². The first-order valence-electron chi connectivity index (χ1n) is 5.15. The molecule has 84 valence electrons. The van der Waals surface area contributed by atoms with Gasteiger partial charge in [-0.05, 0) is 6.92 Å². The summed E-state index contributed by atoms with van der Waals surface area (Å²) in [5.74, 6) is 0. The minimum atomic E-state index is -0.392. The van der Waals surface area contributed by atoms with E-state index in [1.807, 2.05) is 13.8 Å². The summed E-state index contributed by atoms with van der Waals surface area (Å²) in [6.45, 7) is 7.23. The summed E-state index contributed by atoms with van der Waals surface area (Å²) in [6.07, 6.45) is 0.255. The SMILES string of the molecule is CC1CN(CC(C)(CO)CO)CCO1. The van der Waals surface area contributed by atoms with Crippen LogP contribution in [-0.2, 0) is 4.74 Å². The van der Waals surface area contributed by atoms with Gasteiger partial charge in [-0.3, -0.25) is 4.90 Å². The van der Waals surface area contributed by atoms with E-state index in [0.717, 1.165) is 26.2 Å². The van der Waals surface area contributed by atoms with Gasteiger partial charge in [0.2, 0.25) is 0 Å². The monoisotopic (exact) mass is 203 g/mol. The van der Waals surface area contributed by atoms with E-state index in [2.05, 4.69) is 4.90 Å². The minimum absolute atomic E-state index is 0.0231. The standard InChI is InChI=1S/C10H21NO3/c1-9-5-11(3-4-14-9)6-10(2,7-12)8-13/h9,12-13H,3-8H2,1-2H3. The van der Waals surface area contributed by atoms with E-state index in [1.165, 1.54) is 0 Å². The summed E-state index contributed by atoms with van der Waals surface area (Å²) in [6, 6.07) is 0. The van der Waals surface area contributed by atoms with Gasteiger partial charge in [-0.2, -0.15) is 0 Å². The molecule has 0 aromatic carbocycles. The Morgan fingerprint density at radius 1 is 1.43 bits per heavy atom. The number of aliphatic hydroxyl groups is 2. The van der Waals surface area contributed by atoms with E-state index in [0.29, 0.717) is 0 Å². The van der Waals surface area contributed by atoms with Crippen LogP contribution in [0.25, 0.3) is 0 Å². The van der Waals surface area contributed by atoms with Crippen molar-refractivity contribution in [1.29, 1.82) is 0 Å². The molecule has 4 nitrogen and oxygen atoms in total. The molecule has 0 radical (unpaired) electrons. The molecule has 0 aliphatic carbocycles. The second-order valence-corrected chi connectivity index (χ2v) is 4.54. The molecule has 0 aromatic heterocycles. The summed E-state index contributed by atoms with van der Waals surface area (Å²) in [7, 11) is 0. The van der Waals surface area contributed by atoms with Crippen LogP contribution in [0.1, 0.15) is 13.8 Å². The summed E-state index contributed by atoms with van der Waals surface area (Å²) < 4.78 is 5.42. The second-order valence-electron chi connectivity index (χ2n) is 4.54. The van der Waals surface area contributed by atoms with Crippen molar-refractivity contribution in [1.82, 2.24) is 4.90 Å². The molecule has 1 aliphatic rings. The second kappa shape index (κ2) is 5.07. The molecule has 1 unspecified atom stereocenters. The molecule has 1 atom stereocenters. The smallest absolute Gasteiger partial charge is 0.0674 e. The quantitative estimate of drug-likeness (QED) is 0.658. The van der Waals surface area contributed by atoms with Crippen LogP contribution < -0.4 is 0 Å². The van der Waals surface area contributed by atoms with Gasteiger partial charge in [-0.15, -0.1) is 0 Å². The number of hydrogen-bond acceptors (Lipinski definition) is 4. The Bertz CT molecular complexity index is 171. The Labute approximate surface area is 85.5 Å². The first kappa shape index (κ1) is 11.9. The molecule has 2 N–H and O–H groups in total. The summed E-state index contributed by atoms with van der Waals surface area (Å²) in [5.41, 5.74) is -0.392. The van der Waals surface area contributed by atoms with Gasteiger partial charge in [0, 0.05) is 25.0 Å². The normalized spacial score (nSPS) is 25.3. The maximum absolute atomic E-state index is 9.16. The molecule has 0 saturated carbocycles. The molecule has 0 amide bonds. The fraction of sp³-hybridized carbons (Fsp3) is 1.00. The van der Waals surface area contributed by atoms with E-state index in [-0.39, 0.29) is 19.3 Å². The molecular formula is C10H21NO3. The van der Waals surface area contributed by atoms with E-state index in [1.54, 1.807) is 0 Å². The van der Waals surface area contributed by atoms with Crippen molar-refractivity contribution in [2.45, 2.75) is 20.0 Å². The van der Waals surface area contributed by atoms with Gasteiger partial charge in [-0.25, -0.2) is 0 Å². The lowest BCUT2D eigenvalue weighted by molar-refractivity contribution is -0.0456. The highest BCUT2D eigenvalue weighted by atomic mass is 16.5. The van der Waals surface area contributed by atoms with Crippen molar-refractivity contribution in [3.63, 3.8) is 0 Å². The molecular weight excluding hydrogens is 182 g/mol. The molecule has 1 aliphatic heterocycles. The van der Waals surface area contributed by atoms with Crippen LogP contribution in [0.5, 0.6) is 0 Å². The Morgan fingerprint density at radius 2 is 2.07 bits per heavy atom. The van der Waals surface area contributed by atoms with Crippen LogP contribution in [0.3, 0.4) is 0 Å². The zero-order valence-electron chi connectivity index (χ0n) is 9.07. The third-order valence-corrected chi connectivity index (χ3v) is 2.69. The van der Waals surface area contributed by atoms with E-state index in [9.17, 15) is 0 Å². The van der Waals surface area contributed by atoms with Gasteiger partial charge in [0.25, 0.3) is 0 Å². The van der Waals surface area contributed by atoms with Gasteiger partial charge in [0.1, 0.15) is 0 Å². The average Bonchev–Trinajstić information content (AvgIpc) is 2.18. The largest absolute Gasteiger partial charge is 0.396 e. The van der Waals surface area contributed by atoms with E-state index in [4.69, 9.17) is 14.9 Å². The van der Waals surface area contributed by atoms with Crippen molar-refractivity contribution in [2.24, 2.45) is 5.41 Å². The average molecular weight is 203 g/mol. The van der Waals surface area contributed by atoms with Gasteiger partial charge in [-0.1, -0.05) is 6.92 Å². The Balaban J connectivity index is 2.41. The number of morpholine rings is 1. The molecule has 1 heterocycles. The number of hydrogen-bond donors (Lipinski definition) is 2. The molecule has 0 aromatic rings. The molecule has 1 rings (SSSR count). The fourth-order valence-corrected chi connectivity index (χ4v) is 1.72. The van der Waals surface area contributed by atoms with Crippen LogP contribution in [-0.4, -0.2) is 60.7 Å². The molecule has 0 bridgehead atoms. The lowest BCUT2D eigenvalue weighted by Gasteiger charge is -2.37. The van der Waals surface area contributed by atoms with Crippen molar-refractivity contribution in [2.75, 3.05) is 39.5 Å². The van der Waals surface area contributed by atoms with Gasteiger partial charge >= 0.3 is 0 Å². The third kappa shape index (κ3) is 3.20. The van der Waals surface area contributed by atoms with Crippen molar-refractivity contribution in [3.05, 3.63) is 0 Å². The molecule has 1 fully saturated rings. The number of rotatable bonds is 4. The van der Waals surface area contributed by atoms with Gasteiger partial charge in [0.15, 0.2) is 0 Å². The topological polar surface area (TPSA) is 52.9 Å². The van der Waals surface area contributed by atoms with Crippen LogP contribution in [0.15, 0.2) is 0 Å². The predicted octanol–water partition coefficient (Wildman–Crippen LogP) is -0.302. The minimum Gasteiger partial charge on any atom is -0.396 e. The maximum Gasteiger partial charge on any atom is 0.0674 e. The Morgan fingerprint density at radius 3 is 2.57 bits per heavy atom. The Kier molecular flexibility index (Phi) is 4.31. The van der Waals surface area contributed by atoms with Gasteiger partial charge in [0.05, 0.1) is 25.9 Å². The highest BCUT2D eigenvalue weighted by Crippen LogP contribution is 2.18. The highest BCUT2D eigenvalue weighted by Gasteiger charge is 2.27. The predicted molar refractivity (Wildman–Crippen MR) is 54.1 cm³/mol. The molecule has 4 heteroatoms. The maximum atomic E-state index is 9.16. The summed E-state index contributed by atoms with van der Waals surface area (Å²) in [5, 5.41) is 18.3. The zero-order valence-corrected chi connectivity index (χ0v) is 9.07. The van der Waals surface area contributed by atoms with Crippen LogP contribution in [0.4, 0.5) is 0 Å². The molecule has 0 spiro atoms. The first-order chi connectivity index (χ1) is 6.59. The number of nitrogens with zero attached hydrogens (tertiary/aromatic N) is 1. The highest BCUT2D eigenvalue weighted by molar-refractivity contribution is 4.79. The molecule has 14 heavy (non-hydrogen) atoms. The molecule has 1 saturated heterocycles. The zero-order chi connectivity index (χ0) is 10.6. The fourth-order valence-electron chi connectivity index (χ4n) is 1.72. The number of ether oxygens (including phenoxy) is 1. The van der Waals surface area contributed by atoms with E-state index >= 15 is 0 Å².